The number of rotatable bonds is 5. The number of carbonyl (C=O) groups excluding carboxylic acids is 2. The lowest BCUT2D eigenvalue weighted by atomic mass is 10.2. The first kappa shape index (κ1) is 20.4. The molecule has 7 nitrogen and oxygen atoms in total. The monoisotopic (exact) mass is 434 g/mol. The van der Waals surface area contributed by atoms with Crippen LogP contribution >= 0.6 is 11.6 Å². The summed E-state index contributed by atoms with van der Waals surface area (Å²) in [5.74, 6) is -0.388. The molecule has 0 aliphatic rings. The van der Waals surface area contributed by atoms with Gasteiger partial charge in [-0.3, -0.25) is 20.4 Å². The quantitative estimate of drug-likeness (QED) is 0.466. The molecule has 0 spiro atoms. The third-order valence-corrected chi connectivity index (χ3v) is 4.86. The highest BCUT2D eigenvalue weighted by molar-refractivity contribution is 6.30. The van der Waals surface area contributed by atoms with E-state index in [0.717, 1.165) is 16.9 Å². The number of imidazole rings is 1. The van der Waals surface area contributed by atoms with Gasteiger partial charge in [-0.25, -0.2) is 4.98 Å². The molecule has 2 N–H and O–H groups in total. The summed E-state index contributed by atoms with van der Waals surface area (Å²) in [5, 5.41) is 0.524. The predicted molar refractivity (Wildman–Crippen MR) is 117 cm³/mol. The lowest BCUT2D eigenvalue weighted by Gasteiger charge is -2.09. The zero-order chi connectivity index (χ0) is 21.8. The molecule has 8 heteroatoms. The van der Waals surface area contributed by atoms with Gasteiger partial charge in [0.1, 0.15) is 18.0 Å². The van der Waals surface area contributed by atoms with Crippen molar-refractivity contribution < 1.29 is 14.3 Å². The second-order valence-electron chi connectivity index (χ2n) is 6.89. The normalized spacial score (nSPS) is 10.6. The Hall–Kier alpha value is -3.84. The van der Waals surface area contributed by atoms with Gasteiger partial charge in [-0.05, 0) is 61.0 Å². The number of nitrogens with one attached hydrogen (secondary N) is 2. The summed E-state index contributed by atoms with van der Waals surface area (Å²) in [6.45, 7) is 2.26. The Morgan fingerprint density at radius 3 is 2.48 bits per heavy atom. The number of hydrazine groups is 1. The predicted octanol–water partition coefficient (Wildman–Crippen LogP) is 3.95. The molecular weight excluding hydrogens is 416 g/mol. The van der Waals surface area contributed by atoms with Crippen LogP contribution in [0.25, 0.3) is 5.65 Å². The fourth-order valence-electron chi connectivity index (χ4n) is 3.02. The van der Waals surface area contributed by atoms with Gasteiger partial charge in [0.25, 0.3) is 11.8 Å². The first-order valence-corrected chi connectivity index (χ1v) is 9.90. The summed E-state index contributed by atoms with van der Waals surface area (Å²) in [5.41, 5.74) is 8.23. The van der Waals surface area contributed by atoms with Gasteiger partial charge in [-0.2, -0.15) is 0 Å². The second-order valence-corrected chi connectivity index (χ2v) is 7.32. The lowest BCUT2D eigenvalue weighted by Crippen LogP contribution is -2.41. The molecule has 2 aromatic carbocycles. The fraction of sp³-hybridized carbons (Fsp3) is 0.0870. The first-order chi connectivity index (χ1) is 15.0. The van der Waals surface area contributed by atoms with Crippen molar-refractivity contribution in [2.45, 2.75) is 13.5 Å². The number of ether oxygens (including phenoxy) is 1. The number of aromatic nitrogens is 2. The van der Waals surface area contributed by atoms with E-state index in [1.807, 2.05) is 35.9 Å². The maximum atomic E-state index is 12.4. The van der Waals surface area contributed by atoms with E-state index in [0.29, 0.717) is 21.9 Å². The van der Waals surface area contributed by atoms with Crippen molar-refractivity contribution >= 4 is 29.1 Å². The molecule has 0 saturated heterocycles. The summed E-state index contributed by atoms with van der Waals surface area (Å²) in [6.07, 6.45) is 3.84. The minimum Gasteiger partial charge on any atom is -0.487 e. The van der Waals surface area contributed by atoms with Gasteiger partial charge in [0.05, 0.1) is 5.69 Å². The number of benzene rings is 2. The third-order valence-electron chi connectivity index (χ3n) is 4.61. The largest absolute Gasteiger partial charge is 0.487 e. The lowest BCUT2D eigenvalue weighted by molar-refractivity contribution is 0.0846. The second kappa shape index (κ2) is 8.89. The van der Waals surface area contributed by atoms with Gasteiger partial charge in [-0.15, -0.1) is 0 Å². The van der Waals surface area contributed by atoms with Crippen LogP contribution in [0.4, 0.5) is 0 Å². The van der Waals surface area contributed by atoms with Crippen LogP contribution in [-0.2, 0) is 6.61 Å². The molecule has 31 heavy (non-hydrogen) atoms. The van der Waals surface area contributed by atoms with Crippen molar-refractivity contribution in [3.8, 4) is 5.75 Å². The number of aryl methyl sites for hydroxylation is 1. The van der Waals surface area contributed by atoms with Gasteiger partial charge < -0.3 is 9.14 Å². The number of nitrogens with zero attached hydrogens (tertiary/aromatic N) is 2. The first-order valence-electron chi connectivity index (χ1n) is 9.52. The smallest absolute Gasteiger partial charge is 0.269 e. The van der Waals surface area contributed by atoms with Gasteiger partial charge in [0, 0.05) is 28.5 Å². The number of carbonyl (C=O) groups is 2. The minimum atomic E-state index is -0.462. The number of hydrogen-bond acceptors (Lipinski definition) is 4. The summed E-state index contributed by atoms with van der Waals surface area (Å²) in [4.78, 5) is 29.1. The molecule has 4 aromatic rings. The third kappa shape index (κ3) is 4.84. The number of amides is 2. The molecule has 0 unspecified atom stereocenters. The molecule has 156 valence electrons. The van der Waals surface area contributed by atoms with E-state index in [-0.39, 0.29) is 6.61 Å². The highest BCUT2D eigenvalue weighted by Crippen LogP contribution is 2.16. The standard InChI is InChI=1S/C23H19ClN4O3/c1-15-4-3-11-28-13-19(25-21(15)28)14-31-20-6-2-5-17(12-20)23(30)27-26-22(29)16-7-9-18(24)10-8-16/h2-13H,14H2,1H3,(H,26,29)(H,27,30). The van der Waals surface area contributed by atoms with E-state index in [9.17, 15) is 9.59 Å². The maximum absolute atomic E-state index is 12.4. The van der Waals surface area contributed by atoms with Crippen LogP contribution < -0.4 is 15.6 Å². The topological polar surface area (TPSA) is 84.7 Å². The van der Waals surface area contributed by atoms with E-state index in [1.54, 1.807) is 48.5 Å². The van der Waals surface area contributed by atoms with Crippen LogP contribution in [0.2, 0.25) is 5.02 Å². The molecule has 2 amide bonds. The summed E-state index contributed by atoms with van der Waals surface area (Å²) in [7, 11) is 0. The van der Waals surface area contributed by atoms with E-state index < -0.39 is 11.8 Å². The van der Waals surface area contributed by atoms with Crippen LogP contribution in [-0.4, -0.2) is 21.2 Å². The summed E-state index contributed by atoms with van der Waals surface area (Å²) < 4.78 is 7.75. The van der Waals surface area contributed by atoms with Crippen LogP contribution in [0.1, 0.15) is 32.0 Å². The average molecular weight is 435 g/mol. The van der Waals surface area contributed by atoms with Crippen LogP contribution in [0.3, 0.4) is 0 Å². The van der Waals surface area contributed by atoms with E-state index >= 15 is 0 Å². The van der Waals surface area contributed by atoms with E-state index in [1.165, 1.54) is 0 Å². The molecule has 2 aromatic heterocycles. The summed E-state index contributed by atoms with van der Waals surface area (Å²) in [6, 6.07) is 17.0. The molecule has 0 saturated carbocycles. The van der Waals surface area contributed by atoms with Gasteiger partial charge in [0.15, 0.2) is 0 Å². The number of fused-ring (bicyclic) bond motifs is 1. The fourth-order valence-corrected chi connectivity index (χ4v) is 3.14. The van der Waals surface area contributed by atoms with Gasteiger partial charge in [0.2, 0.25) is 0 Å². The zero-order valence-electron chi connectivity index (χ0n) is 16.6. The Balaban J connectivity index is 1.36. The number of pyridine rings is 1. The minimum absolute atomic E-state index is 0.263. The maximum Gasteiger partial charge on any atom is 0.269 e. The Morgan fingerprint density at radius 2 is 1.74 bits per heavy atom. The molecule has 0 aliphatic carbocycles. The molecule has 0 radical (unpaired) electrons. The molecule has 0 aliphatic heterocycles. The van der Waals surface area contributed by atoms with Crippen molar-refractivity contribution in [2.24, 2.45) is 0 Å². The van der Waals surface area contributed by atoms with Crippen molar-refractivity contribution in [3.05, 3.63) is 100 Å². The Kier molecular flexibility index (Phi) is 5.86. The highest BCUT2D eigenvalue weighted by atomic mass is 35.5. The van der Waals surface area contributed by atoms with E-state index in [4.69, 9.17) is 16.3 Å². The Labute approximate surface area is 183 Å². The number of hydrogen-bond donors (Lipinski definition) is 2. The van der Waals surface area contributed by atoms with Crippen molar-refractivity contribution in [2.75, 3.05) is 0 Å². The van der Waals surface area contributed by atoms with Crippen molar-refractivity contribution in [3.63, 3.8) is 0 Å². The zero-order valence-corrected chi connectivity index (χ0v) is 17.4. The van der Waals surface area contributed by atoms with Gasteiger partial charge >= 0.3 is 0 Å². The highest BCUT2D eigenvalue weighted by Gasteiger charge is 2.11. The van der Waals surface area contributed by atoms with E-state index in [2.05, 4.69) is 15.8 Å². The average Bonchev–Trinajstić information content (AvgIpc) is 3.21. The molecule has 2 heterocycles. The SMILES string of the molecule is Cc1cccn2cc(COc3cccc(C(=O)NNC(=O)c4ccc(Cl)cc4)c3)nc12. The van der Waals surface area contributed by atoms with Crippen LogP contribution in [0, 0.1) is 6.92 Å². The molecular formula is C23H19ClN4O3. The van der Waals surface area contributed by atoms with Crippen molar-refractivity contribution in [1.29, 1.82) is 0 Å². The van der Waals surface area contributed by atoms with Crippen LogP contribution in [0.15, 0.2) is 73.1 Å². The Bertz CT molecular complexity index is 1250. The number of halogens is 1. The Morgan fingerprint density at radius 1 is 1.00 bits per heavy atom. The van der Waals surface area contributed by atoms with Crippen molar-refractivity contribution in [1.82, 2.24) is 20.2 Å². The molecule has 0 atom stereocenters. The van der Waals surface area contributed by atoms with Gasteiger partial charge in [-0.1, -0.05) is 23.7 Å². The molecule has 0 bridgehead atoms. The summed E-state index contributed by atoms with van der Waals surface area (Å²) >= 11 is 5.81. The molecule has 0 fully saturated rings. The molecule has 4 rings (SSSR count). The van der Waals surface area contributed by atoms with Crippen LogP contribution in [0.5, 0.6) is 5.75 Å².